The molecule has 2 nitrogen and oxygen atoms in total. The molecule has 0 saturated carbocycles. The van der Waals surface area contributed by atoms with Gasteiger partial charge in [0.2, 0.25) is 5.28 Å². The van der Waals surface area contributed by atoms with Crippen molar-refractivity contribution in [1.82, 2.24) is 9.97 Å². The van der Waals surface area contributed by atoms with E-state index in [0.29, 0.717) is 5.15 Å². The van der Waals surface area contributed by atoms with Gasteiger partial charge in [-0.25, -0.2) is 9.97 Å². The van der Waals surface area contributed by atoms with Gasteiger partial charge in [-0.05, 0) is 23.6 Å². The Hall–Kier alpha value is -0.640. The van der Waals surface area contributed by atoms with Gasteiger partial charge < -0.3 is 0 Å². The summed E-state index contributed by atoms with van der Waals surface area (Å²) in [6, 6.07) is 0. The van der Waals surface area contributed by atoms with Crippen molar-refractivity contribution in [2.75, 3.05) is 0 Å². The molecular weight excluding hydrogens is 251 g/mol. The summed E-state index contributed by atoms with van der Waals surface area (Å²) < 4.78 is 0. The topological polar surface area (TPSA) is 25.8 Å². The molecule has 76 valence electrons. The van der Waals surface area contributed by atoms with Crippen molar-refractivity contribution in [3.63, 3.8) is 0 Å². The van der Waals surface area contributed by atoms with E-state index in [0.717, 1.165) is 23.1 Å². The van der Waals surface area contributed by atoms with E-state index in [9.17, 15) is 0 Å². The lowest BCUT2D eigenvalue weighted by molar-refractivity contribution is 1.14. The molecule has 0 amide bonds. The Morgan fingerprint density at radius 1 is 1.13 bits per heavy atom. The summed E-state index contributed by atoms with van der Waals surface area (Å²) >= 11 is 13.5. The number of thiophene rings is 1. The summed E-state index contributed by atoms with van der Waals surface area (Å²) in [6.45, 7) is 0. The summed E-state index contributed by atoms with van der Waals surface area (Å²) in [5.74, 6) is 0. The lowest BCUT2D eigenvalue weighted by atomic mass is 10.0. The first-order valence-electron chi connectivity index (χ1n) is 4.54. The van der Waals surface area contributed by atoms with Gasteiger partial charge in [0, 0.05) is 11.3 Å². The average molecular weight is 257 g/mol. The van der Waals surface area contributed by atoms with E-state index in [1.54, 1.807) is 11.3 Å². The fourth-order valence-electron chi connectivity index (χ4n) is 1.81. The molecule has 0 N–H and O–H groups in total. The van der Waals surface area contributed by atoms with Crippen molar-refractivity contribution in [3.05, 3.63) is 33.0 Å². The largest absolute Gasteiger partial charge is 0.225 e. The zero-order valence-corrected chi connectivity index (χ0v) is 9.96. The highest BCUT2D eigenvalue weighted by Crippen LogP contribution is 2.37. The molecular formula is C10H6Cl2N2S. The lowest BCUT2D eigenvalue weighted by Crippen LogP contribution is -1.92. The highest BCUT2D eigenvalue weighted by molar-refractivity contribution is 7.19. The van der Waals surface area contributed by atoms with Gasteiger partial charge in [0.1, 0.15) is 9.98 Å². The third-order valence-electron chi connectivity index (χ3n) is 2.45. The number of hydrogen-bond acceptors (Lipinski definition) is 3. The maximum atomic E-state index is 6.09. The Bertz CT molecular complexity index is 574. The SMILES string of the molecule is Clc1nc(Cl)c2c3c(sc2n1)CC=CC3. The summed E-state index contributed by atoms with van der Waals surface area (Å²) in [5, 5.41) is 1.67. The first-order chi connectivity index (χ1) is 7.25. The molecule has 0 radical (unpaired) electrons. The third kappa shape index (κ3) is 1.46. The minimum atomic E-state index is 0.221. The Morgan fingerprint density at radius 3 is 2.80 bits per heavy atom. The van der Waals surface area contributed by atoms with E-state index in [1.807, 2.05) is 0 Å². The van der Waals surface area contributed by atoms with E-state index in [-0.39, 0.29) is 5.28 Å². The van der Waals surface area contributed by atoms with E-state index in [4.69, 9.17) is 23.2 Å². The first kappa shape index (κ1) is 9.58. The van der Waals surface area contributed by atoms with Crippen LogP contribution in [0.2, 0.25) is 10.4 Å². The van der Waals surface area contributed by atoms with E-state index < -0.39 is 0 Å². The number of nitrogens with zero attached hydrogens (tertiary/aromatic N) is 2. The quantitative estimate of drug-likeness (QED) is 0.409. The molecule has 1 aliphatic carbocycles. The molecule has 0 saturated heterocycles. The average Bonchev–Trinajstić information content (AvgIpc) is 2.54. The van der Waals surface area contributed by atoms with Crippen LogP contribution in [0.5, 0.6) is 0 Å². The van der Waals surface area contributed by atoms with Crippen molar-refractivity contribution in [1.29, 1.82) is 0 Å². The van der Waals surface area contributed by atoms with Crippen LogP contribution in [-0.2, 0) is 12.8 Å². The van der Waals surface area contributed by atoms with E-state index in [1.165, 1.54) is 10.4 Å². The van der Waals surface area contributed by atoms with Gasteiger partial charge >= 0.3 is 0 Å². The second-order valence-corrected chi connectivity index (χ2v) is 5.13. The summed E-state index contributed by atoms with van der Waals surface area (Å²) in [7, 11) is 0. The van der Waals surface area contributed by atoms with Crippen molar-refractivity contribution in [2.24, 2.45) is 0 Å². The van der Waals surface area contributed by atoms with Crippen LogP contribution in [-0.4, -0.2) is 9.97 Å². The highest BCUT2D eigenvalue weighted by atomic mass is 35.5. The Balaban J connectivity index is 2.39. The monoisotopic (exact) mass is 256 g/mol. The second kappa shape index (κ2) is 3.44. The summed E-state index contributed by atoms with van der Waals surface area (Å²) in [4.78, 5) is 10.4. The van der Waals surface area contributed by atoms with Gasteiger partial charge in [0.05, 0.1) is 5.39 Å². The standard InChI is InChI=1S/C10H6Cl2N2S/c11-8-7-5-3-1-2-4-6(5)15-9(7)14-10(12)13-8/h1-2H,3-4H2. The van der Waals surface area contributed by atoms with Gasteiger partial charge in [-0.15, -0.1) is 11.3 Å². The molecule has 5 heteroatoms. The normalized spacial score (nSPS) is 14.5. The number of aromatic nitrogens is 2. The van der Waals surface area contributed by atoms with Gasteiger partial charge in [0.15, 0.2) is 0 Å². The molecule has 2 heterocycles. The molecule has 3 rings (SSSR count). The summed E-state index contributed by atoms with van der Waals surface area (Å²) in [6.07, 6.45) is 6.20. The predicted molar refractivity (Wildman–Crippen MR) is 64.0 cm³/mol. The Morgan fingerprint density at radius 2 is 1.93 bits per heavy atom. The maximum absolute atomic E-state index is 6.09. The molecule has 2 aromatic heterocycles. The fraction of sp³-hybridized carbons (Fsp3) is 0.200. The van der Waals surface area contributed by atoms with Crippen LogP contribution in [0.25, 0.3) is 10.2 Å². The van der Waals surface area contributed by atoms with Gasteiger partial charge in [-0.1, -0.05) is 23.8 Å². The Labute approximate surface area is 101 Å². The molecule has 15 heavy (non-hydrogen) atoms. The number of halogens is 2. The van der Waals surface area contributed by atoms with Crippen LogP contribution < -0.4 is 0 Å². The predicted octanol–water partition coefficient (Wildman–Crippen LogP) is 3.65. The van der Waals surface area contributed by atoms with Crippen molar-refractivity contribution >= 4 is 44.8 Å². The molecule has 0 aliphatic heterocycles. The number of hydrogen-bond donors (Lipinski definition) is 0. The number of fused-ring (bicyclic) bond motifs is 3. The van der Waals surface area contributed by atoms with E-state index in [2.05, 4.69) is 22.1 Å². The smallest absolute Gasteiger partial charge is 0.207 e. The Kier molecular flexibility index (Phi) is 2.20. The maximum Gasteiger partial charge on any atom is 0.225 e. The second-order valence-electron chi connectivity index (χ2n) is 3.35. The zero-order valence-electron chi connectivity index (χ0n) is 7.63. The van der Waals surface area contributed by atoms with Crippen LogP contribution >= 0.6 is 34.5 Å². The summed E-state index contributed by atoms with van der Waals surface area (Å²) in [5.41, 5.74) is 1.26. The molecule has 1 aliphatic rings. The highest BCUT2D eigenvalue weighted by Gasteiger charge is 2.17. The van der Waals surface area contributed by atoms with Gasteiger partial charge in [0.25, 0.3) is 0 Å². The molecule has 0 spiro atoms. The van der Waals surface area contributed by atoms with Crippen LogP contribution in [0.15, 0.2) is 12.2 Å². The van der Waals surface area contributed by atoms with Crippen molar-refractivity contribution < 1.29 is 0 Å². The van der Waals surface area contributed by atoms with Crippen LogP contribution in [0.3, 0.4) is 0 Å². The minimum Gasteiger partial charge on any atom is -0.207 e. The minimum absolute atomic E-state index is 0.221. The number of allylic oxidation sites excluding steroid dienone is 2. The fourth-order valence-corrected chi connectivity index (χ4v) is 3.58. The molecule has 2 aromatic rings. The third-order valence-corrected chi connectivity index (χ3v) is 4.05. The molecule has 0 aromatic carbocycles. The molecule has 0 bridgehead atoms. The van der Waals surface area contributed by atoms with Crippen molar-refractivity contribution in [3.8, 4) is 0 Å². The zero-order chi connectivity index (χ0) is 10.4. The molecule has 0 fully saturated rings. The number of rotatable bonds is 0. The van der Waals surface area contributed by atoms with Gasteiger partial charge in [-0.3, -0.25) is 0 Å². The van der Waals surface area contributed by atoms with Crippen LogP contribution in [0, 0.1) is 0 Å². The van der Waals surface area contributed by atoms with Crippen LogP contribution in [0.4, 0.5) is 0 Å². The van der Waals surface area contributed by atoms with Crippen molar-refractivity contribution in [2.45, 2.75) is 12.8 Å². The van der Waals surface area contributed by atoms with Crippen LogP contribution in [0.1, 0.15) is 10.4 Å². The lowest BCUT2D eigenvalue weighted by Gasteiger charge is -2.04. The molecule has 0 unspecified atom stereocenters. The first-order valence-corrected chi connectivity index (χ1v) is 6.11. The van der Waals surface area contributed by atoms with E-state index >= 15 is 0 Å². The molecule has 0 atom stereocenters. The van der Waals surface area contributed by atoms with Gasteiger partial charge in [-0.2, -0.15) is 0 Å².